The second-order valence-electron chi connectivity index (χ2n) is 6.48. The number of benzene rings is 1. The Hall–Kier alpha value is -1.79. The fraction of sp³-hybridized carbons (Fsp3) is 0.316. The molecule has 1 saturated carbocycles. The normalized spacial score (nSPS) is 19.5. The van der Waals surface area contributed by atoms with Crippen molar-refractivity contribution in [2.45, 2.75) is 38.1 Å². The number of aliphatic hydroxyl groups is 1. The number of aliphatic hydroxyl groups excluding tert-OH is 1. The molecule has 0 spiro atoms. The molecule has 2 aromatic heterocycles. The van der Waals surface area contributed by atoms with Crippen LogP contribution < -0.4 is 10.1 Å². The highest BCUT2D eigenvalue weighted by Gasteiger charge is 2.31. The molecule has 136 valence electrons. The first-order valence-electron chi connectivity index (χ1n) is 8.55. The Kier molecular flexibility index (Phi) is 5.05. The fourth-order valence-corrected chi connectivity index (χ4v) is 3.55. The first-order valence-corrected chi connectivity index (χ1v) is 9.30. The third kappa shape index (κ3) is 3.40. The van der Waals surface area contributed by atoms with Crippen LogP contribution in [0.2, 0.25) is 10.0 Å². The Morgan fingerprint density at radius 3 is 2.81 bits per heavy atom. The van der Waals surface area contributed by atoms with Crippen molar-refractivity contribution < 1.29 is 9.84 Å². The fourth-order valence-electron chi connectivity index (χ4n) is 3.21. The molecule has 7 heteroatoms. The topological polar surface area (TPSA) is 58.8 Å². The molecule has 5 nitrogen and oxygen atoms in total. The number of fused-ring (bicyclic) bond motifs is 1. The van der Waals surface area contributed by atoms with Crippen molar-refractivity contribution in [2.24, 2.45) is 0 Å². The summed E-state index contributed by atoms with van der Waals surface area (Å²) < 4.78 is 7.71. The van der Waals surface area contributed by atoms with Crippen LogP contribution in [0.5, 0.6) is 5.75 Å². The van der Waals surface area contributed by atoms with Crippen LogP contribution in [0.15, 0.2) is 42.6 Å². The van der Waals surface area contributed by atoms with Gasteiger partial charge in [-0.05, 0) is 37.1 Å². The molecule has 26 heavy (non-hydrogen) atoms. The van der Waals surface area contributed by atoms with Crippen LogP contribution in [-0.2, 0) is 13.2 Å². The summed E-state index contributed by atoms with van der Waals surface area (Å²) in [6.07, 6.45) is 3.83. The highest BCUT2D eigenvalue weighted by Crippen LogP contribution is 2.35. The van der Waals surface area contributed by atoms with E-state index in [1.807, 2.05) is 36.5 Å². The van der Waals surface area contributed by atoms with Crippen LogP contribution in [0.3, 0.4) is 0 Å². The van der Waals surface area contributed by atoms with E-state index in [0.29, 0.717) is 21.8 Å². The summed E-state index contributed by atoms with van der Waals surface area (Å²) in [6, 6.07) is 11.6. The van der Waals surface area contributed by atoms with E-state index in [1.165, 1.54) is 0 Å². The number of aromatic nitrogens is 2. The maximum absolute atomic E-state index is 9.39. The Morgan fingerprint density at radius 2 is 2.00 bits per heavy atom. The minimum absolute atomic E-state index is 0.0282. The van der Waals surface area contributed by atoms with E-state index in [-0.39, 0.29) is 12.7 Å². The molecule has 0 atom stereocenters. The van der Waals surface area contributed by atoms with Gasteiger partial charge in [-0.3, -0.25) is 0 Å². The lowest BCUT2D eigenvalue weighted by molar-refractivity contribution is 0.0845. The molecule has 2 N–H and O–H groups in total. The van der Waals surface area contributed by atoms with Gasteiger partial charge in [0.1, 0.15) is 16.9 Å². The summed E-state index contributed by atoms with van der Waals surface area (Å²) in [6.45, 7) is 0.702. The van der Waals surface area contributed by atoms with E-state index < -0.39 is 0 Å². The Bertz CT molecular complexity index is 922. The van der Waals surface area contributed by atoms with E-state index in [2.05, 4.69) is 10.4 Å². The average molecular weight is 392 g/mol. The van der Waals surface area contributed by atoms with Crippen LogP contribution in [0.25, 0.3) is 5.52 Å². The number of ether oxygens (including phenoxy) is 1. The van der Waals surface area contributed by atoms with Gasteiger partial charge in [0.25, 0.3) is 0 Å². The Morgan fingerprint density at radius 1 is 1.19 bits per heavy atom. The standard InChI is InChI=1S/C19H19Cl2N3O2/c20-16-4-2-6-18(19(16)21)26-15-7-13(8-15)22-9-12-10-23-24-14(11-25)3-1-5-17(12)24/h1-6,10,13,15,22,25H,7-9,11H2. The summed E-state index contributed by atoms with van der Waals surface area (Å²) in [5.74, 6) is 0.641. The largest absolute Gasteiger partial charge is 0.489 e. The average Bonchev–Trinajstić information content (AvgIpc) is 3.03. The minimum Gasteiger partial charge on any atom is -0.489 e. The van der Waals surface area contributed by atoms with E-state index in [9.17, 15) is 5.11 Å². The number of rotatable bonds is 6. The van der Waals surface area contributed by atoms with E-state index >= 15 is 0 Å². The zero-order chi connectivity index (χ0) is 18.1. The molecule has 0 bridgehead atoms. The van der Waals surface area contributed by atoms with Crippen molar-refractivity contribution in [1.82, 2.24) is 14.9 Å². The van der Waals surface area contributed by atoms with E-state index in [0.717, 1.165) is 36.2 Å². The molecule has 4 rings (SSSR count). The van der Waals surface area contributed by atoms with Gasteiger partial charge in [0.15, 0.2) is 0 Å². The Labute approximate surface area is 161 Å². The third-order valence-corrected chi connectivity index (χ3v) is 5.55. The van der Waals surface area contributed by atoms with E-state index in [1.54, 1.807) is 10.6 Å². The van der Waals surface area contributed by atoms with Gasteiger partial charge in [-0.15, -0.1) is 0 Å². The molecule has 1 aromatic carbocycles. The van der Waals surface area contributed by atoms with Crippen molar-refractivity contribution in [2.75, 3.05) is 0 Å². The van der Waals surface area contributed by atoms with Crippen molar-refractivity contribution in [3.05, 3.63) is 63.9 Å². The first kappa shape index (κ1) is 17.6. The molecule has 1 aliphatic rings. The molecule has 3 aromatic rings. The summed E-state index contributed by atoms with van der Waals surface area (Å²) in [5, 5.41) is 18.3. The Balaban J connectivity index is 1.32. The quantitative estimate of drug-likeness (QED) is 0.670. The second kappa shape index (κ2) is 7.45. The van der Waals surface area contributed by atoms with Crippen molar-refractivity contribution in [3.8, 4) is 5.75 Å². The SMILES string of the molecule is OCc1cccc2c(CNC3CC(Oc4cccc(Cl)c4Cl)C3)cnn12. The van der Waals surface area contributed by atoms with Crippen molar-refractivity contribution in [1.29, 1.82) is 0 Å². The molecular formula is C19H19Cl2N3O2. The first-order chi connectivity index (χ1) is 12.7. The monoisotopic (exact) mass is 391 g/mol. The van der Waals surface area contributed by atoms with Gasteiger partial charge in [0.05, 0.1) is 29.0 Å². The maximum atomic E-state index is 9.39. The van der Waals surface area contributed by atoms with Gasteiger partial charge in [-0.2, -0.15) is 5.10 Å². The van der Waals surface area contributed by atoms with Gasteiger partial charge in [-0.25, -0.2) is 4.52 Å². The minimum atomic E-state index is -0.0282. The van der Waals surface area contributed by atoms with Crippen LogP contribution in [0, 0.1) is 0 Å². The van der Waals surface area contributed by atoms with Crippen molar-refractivity contribution in [3.63, 3.8) is 0 Å². The van der Waals surface area contributed by atoms with Gasteiger partial charge < -0.3 is 15.2 Å². The molecule has 1 aliphatic carbocycles. The number of halogens is 2. The van der Waals surface area contributed by atoms with Gasteiger partial charge in [-0.1, -0.05) is 35.3 Å². The zero-order valence-corrected chi connectivity index (χ0v) is 15.5. The van der Waals surface area contributed by atoms with Crippen LogP contribution >= 0.6 is 23.2 Å². The number of nitrogens with zero attached hydrogens (tertiary/aromatic N) is 2. The molecule has 0 amide bonds. The molecule has 1 fully saturated rings. The molecule has 0 radical (unpaired) electrons. The van der Waals surface area contributed by atoms with Crippen molar-refractivity contribution >= 4 is 28.7 Å². The number of hydrogen-bond acceptors (Lipinski definition) is 4. The van der Waals surface area contributed by atoms with Crippen LogP contribution in [0.1, 0.15) is 24.1 Å². The number of hydrogen-bond donors (Lipinski definition) is 2. The molecule has 2 heterocycles. The highest BCUT2D eigenvalue weighted by atomic mass is 35.5. The number of pyridine rings is 1. The maximum Gasteiger partial charge on any atom is 0.139 e. The van der Waals surface area contributed by atoms with Gasteiger partial charge >= 0.3 is 0 Å². The van der Waals surface area contributed by atoms with E-state index in [4.69, 9.17) is 27.9 Å². The lowest BCUT2D eigenvalue weighted by Crippen LogP contribution is -2.46. The van der Waals surface area contributed by atoms with Crippen LogP contribution in [-0.4, -0.2) is 26.9 Å². The lowest BCUT2D eigenvalue weighted by atomic mass is 9.89. The zero-order valence-electron chi connectivity index (χ0n) is 14.0. The highest BCUT2D eigenvalue weighted by molar-refractivity contribution is 6.42. The summed E-state index contributed by atoms with van der Waals surface area (Å²) in [4.78, 5) is 0. The summed E-state index contributed by atoms with van der Waals surface area (Å²) in [5.41, 5.74) is 2.91. The van der Waals surface area contributed by atoms with Gasteiger partial charge in [0, 0.05) is 18.2 Å². The second-order valence-corrected chi connectivity index (χ2v) is 7.27. The summed E-state index contributed by atoms with van der Waals surface area (Å²) >= 11 is 12.2. The summed E-state index contributed by atoms with van der Waals surface area (Å²) in [7, 11) is 0. The predicted octanol–water partition coefficient (Wildman–Crippen LogP) is 3.83. The molecule has 0 aliphatic heterocycles. The molecule has 0 unspecified atom stereocenters. The third-order valence-electron chi connectivity index (χ3n) is 4.75. The van der Waals surface area contributed by atoms with Gasteiger partial charge in [0.2, 0.25) is 0 Å². The molecular weight excluding hydrogens is 373 g/mol. The van der Waals surface area contributed by atoms with Crippen LogP contribution in [0.4, 0.5) is 0 Å². The molecule has 0 saturated heterocycles. The predicted molar refractivity (Wildman–Crippen MR) is 102 cm³/mol. The smallest absolute Gasteiger partial charge is 0.139 e. The number of nitrogens with one attached hydrogen (secondary N) is 1. The lowest BCUT2D eigenvalue weighted by Gasteiger charge is -2.36.